The van der Waals surface area contributed by atoms with Gasteiger partial charge in [0.25, 0.3) is 0 Å². The summed E-state index contributed by atoms with van der Waals surface area (Å²) in [6, 6.07) is 5.68. The Morgan fingerprint density at radius 2 is 1.95 bits per heavy atom. The lowest BCUT2D eigenvalue weighted by Gasteiger charge is -2.17. The monoisotopic (exact) mass is 287 g/mol. The fourth-order valence-electron chi connectivity index (χ4n) is 3.47. The number of carbonyl (C=O) groups is 2. The van der Waals surface area contributed by atoms with E-state index in [0.29, 0.717) is 5.56 Å². The molecular weight excluding hydrogens is 266 g/mol. The van der Waals surface area contributed by atoms with Crippen LogP contribution in [0.3, 0.4) is 0 Å². The number of hydrogen-bond donors (Lipinski definition) is 1. The van der Waals surface area contributed by atoms with E-state index in [1.165, 1.54) is 12.7 Å². The van der Waals surface area contributed by atoms with Gasteiger partial charge in [0.15, 0.2) is 0 Å². The molecule has 4 heteroatoms. The van der Waals surface area contributed by atoms with E-state index in [1.807, 2.05) is 12.1 Å². The Bertz CT molecular complexity index is 561. The summed E-state index contributed by atoms with van der Waals surface area (Å²) in [4.78, 5) is 23.9. The number of benzene rings is 1. The van der Waals surface area contributed by atoms with E-state index >= 15 is 0 Å². The molecule has 1 atom stereocenters. The first kappa shape index (κ1) is 14.1. The van der Waals surface area contributed by atoms with Crippen LogP contribution in [-0.2, 0) is 16.0 Å². The maximum Gasteiger partial charge on any atom is 0.337 e. The molecule has 0 spiro atoms. The maximum atomic E-state index is 12.3. The minimum atomic E-state index is -0.328. The lowest BCUT2D eigenvalue weighted by Crippen LogP contribution is -2.32. The topological polar surface area (TPSA) is 55.4 Å². The van der Waals surface area contributed by atoms with E-state index in [1.54, 1.807) is 6.07 Å². The Hall–Kier alpha value is -1.84. The summed E-state index contributed by atoms with van der Waals surface area (Å²) in [6.07, 6.45) is 6.20. The van der Waals surface area contributed by atoms with E-state index in [9.17, 15) is 9.59 Å². The number of aryl methyl sites for hydroxylation is 1. The van der Waals surface area contributed by atoms with Crippen LogP contribution < -0.4 is 5.32 Å². The van der Waals surface area contributed by atoms with Gasteiger partial charge in [0.1, 0.15) is 0 Å². The molecular formula is C17H21NO3. The number of fused-ring (bicyclic) bond motifs is 1. The van der Waals surface area contributed by atoms with Crippen LogP contribution in [0.15, 0.2) is 18.2 Å². The third-order valence-corrected chi connectivity index (χ3v) is 4.69. The molecule has 0 aromatic heterocycles. The minimum Gasteiger partial charge on any atom is -0.465 e. The van der Waals surface area contributed by atoms with Crippen molar-refractivity contribution in [3.8, 4) is 0 Å². The van der Waals surface area contributed by atoms with Crippen LogP contribution in [0.5, 0.6) is 0 Å². The molecule has 0 heterocycles. The molecule has 1 unspecified atom stereocenters. The van der Waals surface area contributed by atoms with Gasteiger partial charge >= 0.3 is 5.97 Å². The quantitative estimate of drug-likeness (QED) is 0.870. The van der Waals surface area contributed by atoms with Crippen molar-refractivity contribution in [3.05, 3.63) is 34.9 Å². The van der Waals surface area contributed by atoms with Crippen LogP contribution >= 0.6 is 0 Å². The number of amides is 1. The number of carbonyl (C=O) groups excluding carboxylic acids is 2. The highest BCUT2D eigenvalue weighted by atomic mass is 16.5. The van der Waals surface area contributed by atoms with Gasteiger partial charge in [-0.2, -0.15) is 0 Å². The zero-order valence-electron chi connectivity index (χ0n) is 12.4. The Morgan fingerprint density at radius 3 is 2.67 bits per heavy atom. The van der Waals surface area contributed by atoms with Crippen molar-refractivity contribution >= 4 is 11.9 Å². The van der Waals surface area contributed by atoms with E-state index in [0.717, 1.165) is 44.1 Å². The third-order valence-electron chi connectivity index (χ3n) is 4.69. The summed E-state index contributed by atoms with van der Waals surface area (Å²) in [5.74, 6) is 0.0252. The first-order valence-electron chi connectivity index (χ1n) is 7.70. The molecule has 1 fully saturated rings. The molecule has 0 bridgehead atoms. The van der Waals surface area contributed by atoms with Crippen LogP contribution in [0, 0.1) is 5.92 Å². The van der Waals surface area contributed by atoms with Crippen molar-refractivity contribution in [3.63, 3.8) is 0 Å². The second-order valence-corrected chi connectivity index (χ2v) is 5.99. The summed E-state index contributed by atoms with van der Waals surface area (Å²) in [5.41, 5.74) is 2.85. The second kappa shape index (κ2) is 5.88. The standard InChI is InChI=1S/C17H21NO3/c1-21-17(20)13-7-6-11-8-9-15(14(11)10-13)18-16(19)12-4-2-3-5-12/h6-7,10,12,15H,2-5,8-9H2,1H3,(H,18,19). The summed E-state index contributed by atoms with van der Waals surface area (Å²) < 4.78 is 4.77. The van der Waals surface area contributed by atoms with Crippen molar-refractivity contribution in [2.24, 2.45) is 5.92 Å². The first-order valence-corrected chi connectivity index (χ1v) is 7.70. The molecule has 2 aliphatic rings. The Balaban J connectivity index is 1.75. The number of nitrogens with one attached hydrogen (secondary N) is 1. The van der Waals surface area contributed by atoms with Gasteiger partial charge in [-0.15, -0.1) is 0 Å². The number of rotatable bonds is 3. The Kier molecular flexibility index (Phi) is 3.95. The SMILES string of the molecule is COC(=O)c1ccc2c(c1)C(NC(=O)C1CCCC1)CC2. The van der Waals surface area contributed by atoms with Gasteiger partial charge < -0.3 is 10.1 Å². The first-order chi connectivity index (χ1) is 10.2. The van der Waals surface area contributed by atoms with Crippen LogP contribution in [0.25, 0.3) is 0 Å². The van der Waals surface area contributed by atoms with Crippen molar-refractivity contribution < 1.29 is 14.3 Å². The molecule has 21 heavy (non-hydrogen) atoms. The molecule has 1 amide bonds. The molecule has 4 nitrogen and oxygen atoms in total. The molecule has 1 N–H and O–H groups in total. The highest BCUT2D eigenvalue weighted by Gasteiger charge is 2.29. The van der Waals surface area contributed by atoms with Crippen LogP contribution in [0.2, 0.25) is 0 Å². The van der Waals surface area contributed by atoms with Gasteiger partial charge in [0.05, 0.1) is 18.7 Å². The highest BCUT2D eigenvalue weighted by Crippen LogP contribution is 2.33. The summed E-state index contributed by atoms with van der Waals surface area (Å²) in [5, 5.41) is 3.17. The lowest BCUT2D eigenvalue weighted by molar-refractivity contribution is -0.125. The van der Waals surface area contributed by atoms with Crippen molar-refractivity contribution in [1.29, 1.82) is 0 Å². The molecule has 1 aromatic carbocycles. The highest BCUT2D eigenvalue weighted by molar-refractivity contribution is 5.89. The normalized spacial score (nSPS) is 21.1. The van der Waals surface area contributed by atoms with E-state index in [2.05, 4.69) is 5.32 Å². The zero-order chi connectivity index (χ0) is 14.8. The number of esters is 1. The number of hydrogen-bond acceptors (Lipinski definition) is 3. The number of methoxy groups -OCH3 is 1. The lowest BCUT2D eigenvalue weighted by atomic mass is 10.0. The second-order valence-electron chi connectivity index (χ2n) is 5.99. The molecule has 1 aromatic rings. The Morgan fingerprint density at radius 1 is 1.19 bits per heavy atom. The van der Waals surface area contributed by atoms with Gasteiger partial charge in [-0.25, -0.2) is 4.79 Å². The number of ether oxygens (including phenoxy) is 1. The van der Waals surface area contributed by atoms with Gasteiger partial charge in [-0.3, -0.25) is 4.79 Å². The zero-order valence-corrected chi connectivity index (χ0v) is 12.4. The average Bonchev–Trinajstić information content (AvgIpc) is 3.16. The third kappa shape index (κ3) is 2.80. The minimum absolute atomic E-state index is 0.0395. The van der Waals surface area contributed by atoms with E-state index < -0.39 is 0 Å². The molecule has 0 saturated heterocycles. The van der Waals surface area contributed by atoms with E-state index in [4.69, 9.17) is 4.74 Å². The van der Waals surface area contributed by atoms with Crippen molar-refractivity contribution in [2.75, 3.05) is 7.11 Å². The van der Waals surface area contributed by atoms with Crippen molar-refractivity contribution in [2.45, 2.75) is 44.6 Å². The molecule has 1 saturated carbocycles. The predicted molar refractivity (Wildman–Crippen MR) is 78.9 cm³/mol. The van der Waals surface area contributed by atoms with Gasteiger partial charge in [-0.1, -0.05) is 18.9 Å². The van der Waals surface area contributed by atoms with Gasteiger partial charge in [0.2, 0.25) is 5.91 Å². The average molecular weight is 287 g/mol. The summed E-state index contributed by atoms with van der Waals surface area (Å²) >= 11 is 0. The fourth-order valence-corrected chi connectivity index (χ4v) is 3.47. The van der Waals surface area contributed by atoms with Crippen LogP contribution in [-0.4, -0.2) is 19.0 Å². The molecule has 0 radical (unpaired) electrons. The summed E-state index contributed by atoms with van der Waals surface area (Å²) in [6.45, 7) is 0. The van der Waals surface area contributed by atoms with Crippen molar-refractivity contribution in [1.82, 2.24) is 5.32 Å². The fraction of sp³-hybridized carbons (Fsp3) is 0.529. The maximum absolute atomic E-state index is 12.3. The summed E-state index contributed by atoms with van der Waals surface area (Å²) in [7, 11) is 1.38. The molecule has 2 aliphatic carbocycles. The van der Waals surface area contributed by atoms with Gasteiger partial charge in [-0.05, 0) is 48.9 Å². The predicted octanol–water partition coefficient (Wildman–Crippen LogP) is 2.77. The Labute approximate surface area is 124 Å². The largest absolute Gasteiger partial charge is 0.465 e. The van der Waals surface area contributed by atoms with Crippen LogP contribution in [0.1, 0.15) is 59.6 Å². The van der Waals surface area contributed by atoms with Crippen LogP contribution in [0.4, 0.5) is 0 Å². The molecule has 112 valence electrons. The van der Waals surface area contributed by atoms with Gasteiger partial charge in [0, 0.05) is 5.92 Å². The molecule has 0 aliphatic heterocycles. The van der Waals surface area contributed by atoms with E-state index in [-0.39, 0.29) is 23.8 Å². The smallest absolute Gasteiger partial charge is 0.337 e. The molecule has 3 rings (SSSR count).